The smallest absolute Gasteiger partial charge is 0.0420 e. The summed E-state index contributed by atoms with van der Waals surface area (Å²) in [5.74, 6) is 2.45. The predicted octanol–water partition coefficient (Wildman–Crippen LogP) is 0.915. The van der Waals surface area contributed by atoms with E-state index in [-0.39, 0.29) is 1.43 Å². The van der Waals surface area contributed by atoms with Crippen molar-refractivity contribution in [2.24, 2.45) is 0 Å². The highest BCUT2D eigenvalue weighted by Gasteiger charge is 2.05. The van der Waals surface area contributed by atoms with E-state index in [1.165, 1.54) is 5.75 Å². The molecule has 0 amide bonds. The summed E-state index contributed by atoms with van der Waals surface area (Å²) in [7, 11) is 0. The molecular formula is C4H11NS. The summed E-state index contributed by atoms with van der Waals surface area (Å²) in [6.07, 6.45) is 0. The van der Waals surface area contributed by atoms with Gasteiger partial charge in [-0.05, 0) is 6.92 Å². The van der Waals surface area contributed by atoms with Crippen LogP contribution < -0.4 is 5.32 Å². The Morgan fingerprint density at radius 1 is 2.00 bits per heavy atom. The van der Waals surface area contributed by atoms with Crippen LogP contribution in [0.3, 0.4) is 0 Å². The normalized spacial score (nSPS) is 34.5. The fraction of sp³-hybridized carbons (Fsp3) is 1.00. The molecule has 0 saturated carbocycles. The minimum Gasteiger partial charge on any atom is -0.305 e. The summed E-state index contributed by atoms with van der Waals surface area (Å²) in [5, 5.41) is 3.28. The zero-order chi connectivity index (χ0) is 4.41. The van der Waals surface area contributed by atoms with Crippen LogP contribution in [0.4, 0.5) is 0 Å². The molecular weight excluding hydrogens is 94.1 g/mol. The average molecular weight is 105 g/mol. The van der Waals surface area contributed by atoms with E-state index in [1.54, 1.807) is 0 Å². The van der Waals surface area contributed by atoms with Crippen molar-refractivity contribution in [3.63, 3.8) is 0 Å². The van der Waals surface area contributed by atoms with Crippen molar-refractivity contribution in [2.75, 3.05) is 11.6 Å². The van der Waals surface area contributed by atoms with Gasteiger partial charge in [0.15, 0.2) is 0 Å². The van der Waals surface area contributed by atoms with Gasteiger partial charge < -0.3 is 5.32 Å². The van der Waals surface area contributed by atoms with Gasteiger partial charge in [-0.25, -0.2) is 0 Å². The van der Waals surface area contributed by atoms with Crippen LogP contribution in [0.1, 0.15) is 8.35 Å². The van der Waals surface area contributed by atoms with Gasteiger partial charge in [-0.3, -0.25) is 0 Å². The second kappa shape index (κ2) is 1.85. The molecule has 1 heterocycles. The van der Waals surface area contributed by atoms with Crippen molar-refractivity contribution in [1.29, 1.82) is 0 Å². The van der Waals surface area contributed by atoms with Crippen LogP contribution >= 0.6 is 11.8 Å². The van der Waals surface area contributed by atoms with Crippen molar-refractivity contribution >= 4 is 11.8 Å². The zero-order valence-corrected chi connectivity index (χ0v) is 4.72. The second-order valence-corrected chi connectivity index (χ2v) is 2.65. The van der Waals surface area contributed by atoms with Crippen LogP contribution in [0, 0.1) is 0 Å². The maximum absolute atomic E-state index is 3.28. The van der Waals surface area contributed by atoms with Gasteiger partial charge in [0.2, 0.25) is 0 Å². The van der Waals surface area contributed by atoms with Crippen LogP contribution in [0.5, 0.6) is 0 Å². The Balaban J connectivity index is 0.000000360. The van der Waals surface area contributed by atoms with Gasteiger partial charge >= 0.3 is 0 Å². The van der Waals surface area contributed by atoms with E-state index >= 15 is 0 Å². The summed E-state index contributed by atoms with van der Waals surface area (Å²) < 4.78 is 0. The number of nitrogens with one attached hydrogen (secondary N) is 1. The van der Waals surface area contributed by atoms with Gasteiger partial charge in [0.05, 0.1) is 0 Å². The first-order valence-corrected chi connectivity index (χ1v) is 3.36. The minimum absolute atomic E-state index is 0. The zero-order valence-electron chi connectivity index (χ0n) is 3.90. The van der Waals surface area contributed by atoms with Crippen LogP contribution in [0.2, 0.25) is 0 Å². The first-order chi connectivity index (χ1) is 2.89. The van der Waals surface area contributed by atoms with Crippen LogP contribution in [0.15, 0.2) is 0 Å². The van der Waals surface area contributed by atoms with Crippen LogP contribution in [-0.4, -0.2) is 17.7 Å². The molecule has 0 aromatic heterocycles. The second-order valence-electron chi connectivity index (χ2n) is 1.62. The van der Waals surface area contributed by atoms with Gasteiger partial charge in [-0.15, -0.1) is 11.8 Å². The van der Waals surface area contributed by atoms with Gasteiger partial charge in [0, 0.05) is 19.1 Å². The lowest BCUT2D eigenvalue weighted by Crippen LogP contribution is -2.18. The van der Waals surface area contributed by atoms with E-state index in [1.807, 2.05) is 11.8 Å². The number of rotatable bonds is 0. The van der Waals surface area contributed by atoms with Crippen LogP contribution in [0.25, 0.3) is 0 Å². The molecule has 2 heteroatoms. The van der Waals surface area contributed by atoms with Crippen molar-refractivity contribution in [2.45, 2.75) is 13.0 Å². The van der Waals surface area contributed by atoms with Gasteiger partial charge in [0.1, 0.15) is 0 Å². The Hall–Kier alpha value is 0.310. The molecule has 0 radical (unpaired) electrons. The largest absolute Gasteiger partial charge is 0.305 e. The third-order valence-electron chi connectivity index (χ3n) is 0.902. The molecule has 1 atom stereocenters. The molecule has 1 N–H and O–H groups in total. The van der Waals surface area contributed by atoms with E-state index in [4.69, 9.17) is 0 Å². The molecule has 1 unspecified atom stereocenters. The standard InChI is InChI=1S/C4H9NS.H2/c1-4-2-6-3-5-4;/h4-5H,2-3H2,1H3;1H. The van der Waals surface area contributed by atoms with E-state index in [2.05, 4.69) is 12.2 Å². The molecule has 1 nitrogen and oxygen atoms in total. The molecule has 0 aliphatic carbocycles. The summed E-state index contributed by atoms with van der Waals surface area (Å²) in [4.78, 5) is 0. The van der Waals surface area contributed by atoms with E-state index < -0.39 is 0 Å². The first kappa shape index (κ1) is 4.47. The lowest BCUT2D eigenvalue weighted by atomic mass is 10.4. The molecule has 1 saturated heterocycles. The van der Waals surface area contributed by atoms with Crippen molar-refractivity contribution < 1.29 is 1.43 Å². The minimum atomic E-state index is 0. The Bertz CT molecular complexity index is 45.0. The lowest BCUT2D eigenvalue weighted by Gasteiger charge is -1.93. The van der Waals surface area contributed by atoms with Crippen LogP contribution in [-0.2, 0) is 0 Å². The molecule has 0 spiro atoms. The monoisotopic (exact) mass is 105 g/mol. The Kier molecular flexibility index (Phi) is 1.37. The highest BCUT2D eigenvalue weighted by molar-refractivity contribution is 7.99. The molecule has 1 aliphatic rings. The average Bonchev–Trinajstić information content (AvgIpc) is 1.86. The van der Waals surface area contributed by atoms with Gasteiger partial charge in [-0.2, -0.15) is 0 Å². The molecule has 1 fully saturated rings. The van der Waals surface area contributed by atoms with Crippen molar-refractivity contribution in [3.8, 4) is 0 Å². The number of hydrogen-bond donors (Lipinski definition) is 1. The van der Waals surface area contributed by atoms with E-state index in [0.29, 0.717) is 0 Å². The maximum atomic E-state index is 3.28. The predicted molar refractivity (Wildman–Crippen MR) is 32.0 cm³/mol. The molecule has 1 rings (SSSR count). The van der Waals surface area contributed by atoms with Gasteiger partial charge in [0.25, 0.3) is 0 Å². The summed E-state index contributed by atoms with van der Waals surface area (Å²) in [6, 6.07) is 0.759. The lowest BCUT2D eigenvalue weighted by molar-refractivity contribution is 0.692. The van der Waals surface area contributed by atoms with Crippen molar-refractivity contribution in [3.05, 3.63) is 0 Å². The van der Waals surface area contributed by atoms with Crippen molar-refractivity contribution in [1.82, 2.24) is 5.32 Å². The topological polar surface area (TPSA) is 12.0 Å². The highest BCUT2D eigenvalue weighted by Crippen LogP contribution is 2.07. The van der Waals surface area contributed by atoms with E-state index in [0.717, 1.165) is 11.9 Å². The SMILES string of the molecule is CC1CSCN1.[HH]. The molecule has 38 valence electrons. The summed E-state index contributed by atoms with van der Waals surface area (Å²) >= 11 is 1.97. The molecule has 1 aliphatic heterocycles. The van der Waals surface area contributed by atoms with Gasteiger partial charge in [-0.1, -0.05) is 0 Å². The third-order valence-corrected chi connectivity index (χ3v) is 2.01. The Morgan fingerprint density at radius 2 is 2.83 bits per heavy atom. The molecule has 0 aromatic rings. The number of hydrogen-bond acceptors (Lipinski definition) is 2. The highest BCUT2D eigenvalue weighted by atomic mass is 32.2. The quantitative estimate of drug-likeness (QED) is 0.491. The first-order valence-electron chi connectivity index (χ1n) is 2.21. The molecule has 6 heavy (non-hydrogen) atoms. The van der Waals surface area contributed by atoms with E-state index in [9.17, 15) is 0 Å². The Morgan fingerprint density at radius 3 is 3.00 bits per heavy atom. The molecule has 0 aromatic carbocycles. The fourth-order valence-corrected chi connectivity index (χ4v) is 1.49. The number of thioether (sulfide) groups is 1. The summed E-state index contributed by atoms with van der Waals surface area (Å²) in [5.41, 5.74) is 0. The Labute approximate surface area is 44.0 Å². The maximum Gasteiger partial charge on any atom is 0.0420 e. The third kappa shape index (κ3) is 0.884. The fourth-order valence-electron chi connectivity index (χ4n) is 0.496. The molecule has 0 bridgehead atoms. The summed E-state index contributed by atoms with van der Waals surface area (Å²) in [6.45, 7) is 2.21.